The summed E-state index contributed by atoms with van der Waals surface area (Å²) in [6, 6.07) is 1.53. The fraction of sp³-hybridized carbons (Fsp3) is 0.739. The number of nitrogens with zero attached hydrogens (tertiary/aromatic N) is 5. The van der Waals surface area contributed by atoms with Crippen molar-refractivity contribution in [3.63, 3.8) is 0 Å². The Balaban J connectivity index is 1.40. The van der Waals surface area contributed by atoms with Gasteiger partial charge in [0.15, 0.2) is 0 Å². The fourth-order valence-corrected chi connectivity index (χ4v) is 6.66. The number of aromatic nitrogens is 2. The third-order valence-electron chi connectivity index (χ3n) is 7.46. The van der Waals surface area contributed by atoms with Gasteiger partial charge >= 0.3 is 0 Å². The van der Waals surface area contributed by atoms with Gasteiger partial charge in [-0.2, -0.15) is 0 Å². The molecule has 0 amide bonds. The maximum atomic E-state index is 5.17. The van der Waals surface area contributed by atoms with Crippen LogP contribution in [-0.2, 0) is 6.54 Å². The molecule has 0 aromatic carbocycles. The molecule has 3 aliphatic heterocycles. The Morgan fingerprint density at radius 2 is 1.69 bits per heavy atom. The van der Waals surface area contributed by atoms with Crippen molar-refractivity contribution in [3.8, 4) is 0 Å². The predicted octanol–water partition coefficient (Wildman–Crippen LogP) is 4.36. The van der Waals surface area contributed by atoms with Gasteiger partial charge in [-0.25, -0.2) is 9.97 Å². The van der Waals surface area contributed by atoms with Gasteiger partial charge in [-0.3, -0.25) is 9.80 Å². The summed E-state index contributed by atoms with van der Waals surface area (Å²) in [7, 11) is 0. The number of likely N-dealkylation sites (tertiary alicyclic amines) is 2. The van der Waals surface area contributed by atoms with Crippen LogP contribution in [0, 0.1) is 13.8 Å². The molecule has 0 aliphatic carbocycles. The van der Waals surface area contributed by atoms with Crippen molar-refractivity contribution < 1.29 is 0 Å². The Kier molecular flexibility index (Phi) is 5.52. The summed E-state index contributed by atoms with van der Waals surface area (Å²) in [5.74, 6) is 2.23. The normalized spacial score (nSPS) is 24.9. The molecular formula is C23H35N5S. The van der Waals surface area contributed by atoms with Crippen molar-refractivity contribution in [2.45, 2.75) is 77.9 Å². The van der Waals surface area contributed by atoms with Crippen molar-refractivity contribution in [1.29, 1.82) is 0 Å². The molecule has 0 radical (unpaired) electrons. The number of hydrogen-bond acceptors (Lipinski definition) is 6. The third kappa shape index (κ3) is 3.79. The van der Waals surface area contributed by atoms with Crippen molar-refractivity contribution in [2.24, 2.45) is 0 Å². The van der Waals surface area contributed by atoms with Gasteiger partial charge in [0.25, 0.3) is 0 Å². The van der Waals surface area contributed by atoms with Crippen molar-refractivity contribution in [2.75, 3.05) is 37.6 Å². The summed E-state index contributed by atoms with van der Waals surface area (Å²) < 4.78 is 0. The van der Waals surface area contributed by atoms with E-state index in [9.17, 15) is 0 Å². The van der Waals surface area contributed by atoms with Crippen LogP contribution in [0.4, 0.5) is 5.82 Å². The van der Waals surface area contributed by atoms with E-state index in [1.807, 2.05) is 11.3 Å². The van der Waals surface area contributed by atoms with Gasteiger partial charge in [-0.15, -0.1) is 11.3 Å². The molecule has 5 nitrogen and oxygen atoms in total. The fourth-order valence-electron chi connectivity index (χ4n) is 5.62. The molecule has 5 heterocycles. The molecule has 3 saturated heterocycles. The lowest BCUT2D eigenvalue weighted by Crippen LogP contribution is -2.46. The monoisotopic (exact) mass is 413 g/mol. The van der Waals surface area contributed by atoms with Crippen molar-refractivity contribution in [1.82, 2.24) is 19.8 Å². The second-order valence-corrected chi connectivity index (χ2v) is 10.6. The quantitative estimate of drug-likeness (QED) is 0.744. The Hall–Kier alpha value is -1.24. The zero-order chi connectivity index (χ0) is 20.0. The molecule has 1 unspecified atom stereocenters. The standard InChI is InChI=1S/C23H35N5S/c1-16-7-6-12-28(16)19-8-13-27(14-9-19)22-21-17(2)18(3)29-23(21)25-20(24-22)15-26-10-4-5-11-26/h16,19H,4-15H2,1-3H3. The van der Waals surface area contributed by atoms with E-state index in [1.165, 1.54) is 84.6 Å². The van der Waals surface area contributed by atoms with Crippen molar-refractivity contribution in [3.05, 3.63) is 16.3 Å². The number of rotatable bonds is 4. The molecule has 2 aromatic heterocycles. The van der Waals surface area contributed by atoms with Gasteiger partial charge in [0.2, 0.25) is 0 Å². The lowest BCUT2D eigenvalue weighted by atomic mass is 10.0. The van der Waals surface area contributed by atoms with Gasteiger partial charge in [0, 0.05) is 30.1 Å². The number of fused-ring (bicyclic) bond motifs is 1. The van der Waals surface area contributed by atoms with E-state index >= 15 is 0 Å². The molecule has 1 atom stereocenters. The lowest BCUT2D eigenvalue weighted by Gasteiger charge is -2.39. The molecular weight excluding hydrogens is 378 g/mol. The van der Waals surface area contributed by atoms with Gasteiger partial charge in [-0.1, -0.05) is 0 Å². The minimum Gasteiger partial charge on any atom is -0.356 e. The van der Waals surface area contributed by atoms with Crippen LogP contribution >= 0.6 is 11.3 Å². The minimum atomic E-state index is 0.760. The average molecular weight is 414 g/mol. The summed E-state index contributed by atoms with van der Waals surface area (Å²) >= 11 is 1.85. The van der Waals surface area contributed by atoms with Gasteiger partial charge < -0.3 is 4.90 Å². The second-order valence-electron chi connectivity index (χ2n) is 9.36. The highest BCUT2D eigenvalue weighted by Crippen LogP contribution is 2.37. The van der Waals surface area contributed by atoms with E-state index < -0.39 is 0 Å². The smallest absolute Gasteiger partial charge is 0.146 e. The zero-order valence-corrected chi connectivity index (χ0v) is 19.1. The van der Waals surface area contributed by atoms with Gasteiger partial charge in [0.05, 0.1) is 11.9 Å². The number of anilines is 1. The van der Waals surface area contributed by atoms with Crippen LogP contribution in [-0.4, -0.2) is 64.6 Å². The summed E-state index contributed by atoms with van der Waals surface area (Å²) in [4.78, 5) is 20.6. The Morgan fingerprint density at radius 1 is 0.931 bits per heavy atom. The molecule has 3 aliphatic rings. The number of thiophene rings is 1. The molecule has 0 saturated carbocycles. The molecule has 3 fully saturated rings. The molecule has 2 aromatic rings. The largest absolute Gasteiger partial charge is 0.356 e. The molecule has 0 spiro atoms. The number of hydrogen-bond donors (Lipinski definition) is 0. The summed E-state index contributed by atoms with van der Waals surface area (Å²) in [5, 5.41) is 1.31. The molecule has 6 heteroatoms. The Bertz CT molecular complexity index is 864. The van der Waals surface area contributed by atoms with Gasteiger partial charge in [-0.05, 0) is 84.5 Å². The summed E-state index contributed by atoms with van der Waals surface area (Å²) in [6.07, 6.45) is 7.91. The van der Waals surface area contributed by atoms with Crippen LogP contribution in [0.2, 0.25) is 0 Å². The van der Waals surface area contributed by atoms with Crippen molar-refractivity contribution >= 4 is 27.4 Å². The minimum absolute atomic E-state index is 0.760. The molecule has 0 N–H and O–H groups in total. The molecule has 158 valence electrons. The van der Waals surface area contributed by atoms with Crippen LogP contribution in [0.1, 0.15) is 61.7 Å². The van der Waals surface area contributed by atoms with Crippen LogP contribution in [0.15, 0.2) is 0 Å². The first-order valence-electron chi connectivity index (χ1n) is 11.6. The van der Waals surface area contributed by atoms with Crippen LogP contribution in [0.25, 0.3) is 10.2 Å². The number of aryl methyl sites for hydroxylation is 2. The summed E-state index contributed by atoms with van der Waals surface area (Å²) in [6.45, 7) is 13.7. The molecule has 5 rings (SSSR count). The van der Waals surface area contributed by atoms with E-state index in [4.69, 9.17) is 9.97 Å². The third-order valence-corrected chi connectivity index (χ3v) is 8.56. The zero-order valence-electron chi connectivity index (χ0n) is 18.3. The predicted molar refractivity (Wildman–Crippen MR) is 122 cm³/mol. The second kappa shape index (κ2) is 8.12. The van der Waals surface area contributed by atoms with E-state index in [1.54, 1.807) is 0 Å². The van der Waals surface area contributed by atoms with Gasteiger partial charge in [0.1, 0.15) is 16.5 Å². The molecule has 29 heavy (non-hydrogen) atoms. The van der Waals surface area contributed by atoms with Crippen LogP contribution in [0.3, 0.4) is 0 Å². The van der Waals surface area contributed by atoms with Crippen LogP contribution in [0.5, 0.6) is 0 Å². The maximum Gasteiger partial charge on any atom is 0.146 e. The Morgan fingerprint density at radius 3 is 2.38 bits per heavy atom. The highest BCUT2D eigenvalue weighted by Gasteiger charge is 2.32. The summed E-state index contributed by atoms with van der Waals surface area (Å²) in [5.41, 5.74) is 1.38. The van der Waals surface area contributed by atoms with E-state index in [0.29, 0.717) is 0 Å². The SMILES string of the molecule is Cc1sc2nc(CN3CCCC3)nc(N3CCC(N4CCCC4C)CC3)c2c1C. The topological polar surface area (TPSA) is 35.5 Å². The number of piperidine rings is 1. The molecule has 0 bridgehead atoms. The first-order chi connectivity index (χ1) is 14.1. The first-order valence-corrected chi connectivity index (χ1v) is 12.4. The average Bonchev–Trinajstić information content (AvgIpc) is 3.44. The highest BCUT2D eigenvalue weighted by molar-refractivity contribution is 7.18. The Labute approximate surface area is 179 Å². The van der Waals surface area contributed by atoms with E-state index in [0.717, 1.165) is 37.5 Å². The van der Waals surface area contributed by atoms with E-state index in [2.05, 4.69) is 35.5 Å². The first kappa shape index (κ1) is 19.7. The maximum absolute atomic E-state index is 5.17. The van der Waals surface area contributed by atoms with E-state index in [-0.39, 0.29) is 0 Å². The highest BCUT2D eigenvalue weighted by atomic mass is 32.1. The van der Waals surface area contributed by atoms with Crippen LogP contribution < -0.4 is 4.90 Å². The lowest BCUT2D eigenvalue weighted by molar-refractivity contribution is 0.163.